The molecule has 0 saturated heterocycles. The minimum atomic E-state index is -0.879. The first-order valence-electron chi connectivity index (χ1n) is 3.27. The van der Waals surface area contributed by atoms with Crippen molar-refractivity contribution in [2.24, 2.45) is 0 Å². The molecule has 0 aromatic heterocycles. The van der Waals surface area contributed by atoms with Gasteiger partial charge in [-0.3, -0.25) is 0 Å². The quantitative estimate of drug-likeness (QED) is 0.448. The molecule has 0 amide bonds. The van der Waals surface area contributed by atoms with E-state index in [0.29, 0.717) is 5.56 Å². The van der Waals surface area contributed by atoms with E-state index in [-0.39, 0.29) is 22.2 Å². The van der Waals surface area contributed by atoms with Crippen LogP contribution in [0.2, 0.25) is 0 Å². The molecular formula is C7H6NO4Zn. The fraction of sp³-hybridized carbons (Fsp3) is 0. The van der Waals surface area contributed by atoms with Gasteiger partial charge in [0.1, 0.15) is 0 Å². The molecule has 0 aliphatic carbocycles. The number of hydrogen-bond donors (Lipinski definition) is 1. The molecule has 0 fully saturated rings. The van der Waals surface area contributed by atoms with Crippen LogP contribution in [0.3, 0.4) is 0 Å². The average Bonchev–Trinajstić information content (AvgIpc) is 2.05. The number of nitrogens with zero attached hydrogens (tertiary/aromatic N) is 1. The number of nitro groups is 1. The van der Waals surface area contributed by atoms with Gasteiger partial charge in [-0.25, -0.2) is 4.79 Å². The molecule has 0 unspecified atom stereocenters. The molecule has 0 saturated carbocycles. The van der Waals surface area contributed by atoms with Crippen molar-refractivity contribution in [3.63, 3.8) is 0 Å². The summed E-state index contributed by atoms with van der Waals surface area (Å²) in [5.41, 5.74) is 0.331. The summed E-state index contributed by atoms with van der Waals surface area (Å²) in [6.45, 7) is 0. The third-order valence-corrected chi connectivity index (χ3v) is 1.02. The Hall–Kier alpha value is -1.29. The van der Waals surface area contributed by atoms with Crippen molar-refractivity contribution >= 4 is 5.97 Å². The number of benzene rings is 1. The maximum absolute atomic E-state index is 10.2. The molecule has 65 valence electrons. The van der Waals surface area contributed by atoms with Crippen LogP contribution in [-0.4, -0.2) is 14.7 Å². The summed E-state index contributed by atoms with van der Waals surface area (Å²) in [7, 11) is 0. The summed E-state index contributed by atoms with van der Waals surface area (Å²) in [5.74, 6) is -0.879. The van der Waals surface area contributed by atoms with Crippen molar-refractivity contribution in [3.8, 4) is 0 Å². The van der Waals surface area contributed by atoms with Crippen molar-refractivity contribution in [1.29, 1.82) is 0 Å². The third kappa shape index (κ3) is 7.09. The van der Waals surface area contributed by atoms with E-state index in [2.05, 4.69) is 0 Å². The maximum atomic E-state index is 10.2. The number of hydrogen-bond acceptors (Lipinski definition) is 3. The molecule has 0 bridgehead atoms. The molecule has 1 aromatic carbocycles. The average molecular weight is 234 g/mol. The molecule has 0 atom stereocenters. The summed E-state index contributed by atoms with van der Waals surface area (Å²) in [4.78, 5) is 19.1. The fourth-order valence-corrected chi connectivity index (χ4v) is 0.581. The summed E-state index contributed by atoms with van der Waals surface area (Å²) < 4.78 is -0.375. The standard InChI is InChI=1S/C7H6O2.NO2.Zn/c8-7(9)6-4-2-1-3-5-6;2-1-3;/h1-5H,(H,8,9);;. The van der Waals surface area contributed by atoms with E-state index < -0.39 is 5.97 Å². The first kappa shape index (κ1) is 11.7. The molecule has 1 rings (SSSR count). The van der Waals surface area contributed by atoms with E-state index in [0.717, 1.165) is 0 Å². The van der Waals surface area contributed by atoms with Gasteiger partial charge in [0.15, 0.2) is 0 Å². The van der Waals surface area contributed by atoms with Gasteiger partial charge in [0.25, 0.3) is 0 Å². The SMILES string of the molecule is O=C(O)c1ccccc1.O=[N+]([O-])[Zn]. The monoisotopic (exact) mass is 232 g/mol. The Labute approximate surface area is 84.5 Å². The number of carboxylic acids is 1. The van der Waals surface area contributed by atoms with Crippen LogP contribution in [0.4, 0.5) is 0 Å². The predicted octanol–water partition coefficient (Wildman–Crippen LogP) is 1.11. The summed E-state index contributed by atoms with van der Waals surface area (Å²) in [6.07, 6.45) is 0. The second-order valence-electron chi connectivity index (χ2n) is 2.00. The molecule has 0 spiro atoms. The summed E-state index contributed by atoms with van der Waals surface area (Å²) >= 11 is 0.153. The normalized spacial score (nSPS) is 8.15. The zero-order valence-electron chi connectivity index (χ0n) is 6.71. The van der Waals surface area contributed by atoms with Gasteiger partial charge < -0.3 is 5.11 Å². The zero-order chi connectivity index (χ0) is 10.3. The van der Waals surface area contributed by atoms with Crippen molar-refractivity contribution in [3.05, 3.63) is 46.0 Å². The Morgan fingerprint density at radius 1 is 1.38 bits per heavy atom. The van der Waals surface area contributed by atoms with Crippen LogP contribution >= 0.6 is 0 Å². The molecule has 0 radical (unpaired) electrons. The number of carboxylic acid groups (broad SMARTS) is 1. The van der Waals surface area contributed by atoms with Gasteiger partial charge in [-0.05, 0) is 12.1 Å². The Morgan fingerprint density at radius 3 is 2.00 bits per heavy atom. The Morgan fingerprint density at radius 2 is 1.77 bits per heavy atom. The van der Waals surface area contributed by atoms with Gasteiger partial charge in [-0.2, -0.15) is 0 Å². The zero-order valence-corrected chi connectivity index (χ0v) is 9.68. The third-order valence-electron chi connectivity index (χ3n) is 1.02. The molecule has 13 heavy (non-hydrogen) atoms. The molecule has 0 heterocycles. The van der Waals surface area contributed by atoms with Crippen molar-refractivity contribution in [2.45, 2.75) is 0 Å². The van der Waals surface area contributed by atoms with E-state index in [1.807, 2.05) is 0 Å². The van der Waals surface area contributed by atoms with Crippen LogP contribution < -0.4 is 0 Å². The summed E-state index contributed by atoms with van der Waals surface area (Å²) in [5, 5.41) is 17.2. The van der Waals surface area contributed by atoms with Crippen LogP contribution in [0, 0.1) is 10.1 Å². The van der Waals surface area contributed by atoms with Crippen molar-refractivity contribution < 1.29 is 32.1 Å². The first-order chi connectivity index (χ1) is 6.04. The van der Waals surface area contributed by atoms with Crippen LogP contribution in [-0.2, 0) is 18.5 Å². The molecule has 6 heteroatoms. The topological polar surface area (TPSA) is 80.4 Å². The van der Waals surface area contributed by atoms with E-state index in [4.69, 9.17) is 15.2 Å². The van der Waals surface area contributed by atoms with E-state index in [1.54, 1.807) is 30.3 Å². The molecule has 0 aliphatic heterocycles. The predicted molar refractivity (Wildman–Crippen MR) is 40.4 cm³/mol. The molecule has 1 aromatic rings. The van der Waals surface area contributed by atoms with Crippen molar-refractivity contribution in [1.82, 2.24) is 0 Å². The second-order valence-corrected chi connectivity index (χ2v) is 3.09. The first-order valence-corrected chi connectivity index (χ1v) is 4.60. The van der Waals surface area contributed by atoms with E-state index in [9.17, 15) is 4.79 Å². The van der Waals surface area contributed by atoms with Gasteiger partial charge in [-0.15, -0.1) is 0 Å². The van der Waals surface area contributed by atoms with E-state index >= 15 is 0 Å². The van der Waals surface area contributed by atoms with Gasteiger partial charge in [0.05, 0.1) is 5.56 Å². The molecular weight excluding hydrogens is 227 g/mol. The van der Waals surface area contributed by atoms with Gasteiger partial charge in [0.2, 0.25) is 0 Å². The second kappa shape index (κ2) is 6.25. The molecule has 5 nitrogen and oxygen atoms in total. The fourth-order valence-electron chi connectivity index (χ4n) is 0.581. The minimum absolute atomic E-state index is 0.153. The van der Waals surface area contributed by atoms with Gasteiger partial charge in [0, 0.05) is 0 Å². The molecule has 1 N–H and O–H groups in total. The van der Waals surface area contributed by atoms with Gasteiger partial charge in [-0.1, -0.05) is 18.2 Å². The van der Waals surface area contributed by atoms with Gasteiger partial charge >= 0.3 is 38.3 Å². The van der Waals surface area contributed by atoms with Crippen molar-refractivity contribution in [2.75, 3.05) is 0 Å². The van der Waals surface area contributed by atoms with Crippen LogP contribution in [0.5, 0.6) is 0 Å². The number of aromatic carboxylic acids is 1. The van der Waals surface area contributed by atoms with E-state index in [1.165, 1.54) is 0 Å². The molecule has 0 aliphatic rings. The Kier molecular flexibility index (Phi) is 5.63. The number of carbonyl (C=O) groups is 1. The van der Waals surface area contributed by atoms with Crippen LogP contribution in [0.15, 0.2) is 30.3 Å². The van der Waals surface area contributed by atoms with Crippen LogP contribution in [0.1, 0.15) is 10.4 Å². The number of rotatable bonds is 1. The summed E-state index contributed by atoms with van der Waals surface area (Å²) in [6, 6.07) is 8.30. The Balaban J connectivity index is 0.000000310. The Bertz CT molecular complexity index is 284. The van der Waals surface area contributed by atoms with Crippen LogP contribution in [0.25, 0.3) is 0 Å².